The molecule has 2 aromatic carbocycles. The van der Waals surface area contributed by atoms with Gasteiger partial charge in [0.05, 0.1) is 20.6 Å². The van der Waals surface area contributed by atoms with Gasteiger partial charge in [-0.05, 0) is 36.6 Å². The van der Waals surface area contributed by atoms with Crippen LogP contribution in [0.3, 0.4) is 0 Å². The number of rotatable bonds is 5. The third-order valence-corrected chi connectivity index (χ3v) is 4.20. The van der Waals surface area contributed by atoms with Crippen molar-refractivity contribution in [3.8, 4) is 5.75 Å². The lowest BCUT2D eigenvalue weighted by Gasteiger charge is -2.08. The van der Waals surface area contributed by atoms with Crippen molar-refractivity contribution in [3.05, 3.63) is 62.6 Å². The highest BCUT2D eigenvalue weighted by molar-refractivity contribution is 6.43. The van der Waals surface area contributed by atoms with Crippen molar-refractivity contribution in [2.75, 3.05) is 0 Å². The van der Waals surface area contributed by atoms with Crippen LogP contribution < -0.4 is 4.74 Å². The number of unbranched alkanes of at least 4 members (excludes halogenated alkanes) is 1. The maximum atomic E-state index is 12.1. The molecule has 0 heterocycles. The predicted octanol–water partition coefficient (Wildman–Crippen LogP) is 6.21. The van der Waals surface area contributed by atoms with Gasteiger partial charge in [0.1, 0.15) is 0 Å². The van der Waals surface area contributed by atoms with Gasteiger partial charge in [0.25, 0.3) is 0 Å². The highest BCUT2D eigenvalue weighted by atomic mass is 35.5. The first-order valence-electron chi connectivity index (χ1n) is 6.97. The van der Waals surface area contributed by atoms with E-state index in [0.29, 0.717) is 10.6 Å². The van der Waals surface area contributed by atoms with E-state index in [1.165, 1.54) is 17.7 Å². The van der Waals surface area contributed by atoms with Gasteiger partial charge in [0.2, 0.25) is 0 Å². The van der Waals surface area contributed by atoms with Gasteiger partial charge in [-0.3, -0.25) is 0 Å². The van der Waals surface area contributed by atoms with Gasteiger partial charge >= 0.3 is 5.97 Å². The number of carbonyl (C=O) groups is 1. The average Bonchev–Trinajstić information content (AvgIpc) is 2.51. The molecule has 0 radical (unpaired) electrons. The Hall–Kier alpha value is -1.22. The van der Waals surface area contributed by atoms with Crippen LogP contribution in [0.15, 0.2) is 36.4 Å². The smallest absolute Gasteiger partial charge is 0.343 e. The molecular formula is C17H15Cl3O2. The molecule has 0 amide bonds. The third-order valence-electron chi connectivity index (χ3n) is 3.19. The Labute approximate surface area is 144 Å². The summed E-state index contributed by atoms with van der Waals surface area (Å²) in [5, 5.41) is 0.831. The van der Waals surface area contributed by atoms with Crippen LogP contribution in [0.25, 0.3) is 0 Å². The zero-order valence-corrected chi connectivity index (χ0v) is 14.3. The van der Waals surface area contributed by atoms with Gasteiger partial charge in [-0.2, -0.15) is 0 Å². The molecule has 22 heavy (non-hydrogen) atoms. The van der Waals surface area contributed by atoms with Crippen molar-refractivity contribution in [2.45, 2.75) is 26.2 Å². The van der Waals surface area contributed by atoms with E-state index >= 15 is 0 Å². The van der Waals surface area contributed by atoms with E-state index in [0.717, 1.165) is 19.3 Å². The Balaban J connectivity index is 2.10. The molecule has 0 bridgehead atoms. The number of halogens is 3. The van der Waals surface area contributed by atoms with Crippen LogP contribution in [0.5, 0.6) is 5.75 Å². The molecule has 2 nitrogen and oxygen atoms in total. The molecule has 0 unspecified atom stereocenters. The van der Waals surface area contributed by atoms with Crippen LogP contribution in [0, 0.1) is 0 Å². The standard InChI is InChI=1S/C17H15Cl3O2/c1-2-3-4-11-5-7-12(8-6-11)17(21)22-16-10-14(19)13(18)9-15(16)20/h5-10H,2-4H2,1H3. The van der Waals surface area contributed by atoms with E-state index in [2.05, 4.69) is 6.92 Å². The summed E-state index contributed by atoms with van der Waals surface area (Å²) in [6, 6.07) is 10.2. The van der Waals surface area contributed by atoms with Crippen molar-refractivity contribution in [1.29, 1.82) is 0 Å². The highest BCUT2D eigenvalue weighted by Crippen LogP contribution is 2.34. The fraction of sp³-hybridized carbons (Fsp3) is 0.235. The SMILES string of the molecule is CCCCc1ccc(C(=O)Oc2cc(Cl)c(Cl)cc2Cl)cc1. The molecule has 2 aromatic rings. The van der Waals surface area contributed by atoms with Crippen LogP contribution in [-0.4, -0.2) is 5.97 Å². The predicted molar refractivity (Wildman–Crippen MR) is 91.5 cm³/mol. The molecule has 0 fully saturated rings. The summed E-state index contributed by atoms with van der Waals surface area (Å²) in [5.41, 5.74) is 1.66. The van der Waals surface area contributed by atoms with E-state index < -0.39 is 5.97 Å². The van der Waals surface area contributed by atoms with Crippen molar-refractivity contribution in [1.82, 2.24) is 0 Å². The van der Waals surface area contributed by atoms with Crippen molar-refractivity contribution < 1.29 is 9.53 Å². The van der Waals surface area contributed by atoms with E-state index in [9.17, 15) is 4.79 Å². The average molecular weight is 358 g/mol. The summed E-state index contributed by atoms with van der Waals surface area (Å²) in [4.78, 5) is 12.1. The summed E-state index contributed by atoms with van der Waals surface area (Å²) in [6.07, 6.45) is 3.27. The Morgan fingerprint density at radius 1 is 1.00 bits per heavy atom. The third kappa shape index (κ3) is 4.39. The molecule has 0 saturated carbocycles. The van der Waals surface area contributed by atoms with E-state index in [4.69, 9.17) is 39.5 Å². The first-order valence-corrected chi connectivity index (χ1v) is 8.10. The topological polar surface area (TPSA) is 26.3 Å². The second-order valence-corrected chi connectivity index (χ2v) is 6.11. The fourth-order valence-electron chi connectivity index (χ4n) is 1.93. The summed E-state index contributed by atoms with van der Waals surface area (Å²) in [7, 11) is 0. The van der Waals surface area contributed by atoms with Gasteiger partial charge in [0, 0.05) is 6.07 Å². The largest absolute Gasteiger partial charge is 0.421 e. The van der Waals surface area contributed by atoms with Gasteiger partial charge in [-0.15, -0.1) is 0 Å². The zero-order valence-electron chi connectivity index (χ0n) is 12.0. The molecule has 5 heteroatoms. The second-order valence-electron chi connectivity index (χ2n) is 4.89. The lowest BCUT2D eigenvalue weighted by atomic mass is 10.1. The molecule has 0 aliphatic carbocycles. The number of carbonyl (C=O) groups excluding carboxylic acids is 1. The van der Waals surface area contributed by atoms with Gasteiger partial charge in [-0.25, -0.2) is 4.79 Å². The normalized spacial score (nSPS) is 10.5. The van der Waals surface area contributed by atoms with Crippen molar-refractivity contribution >= 4 is 40.8 Å². The minimum absolute atomic E-state index is 0.191. The van der Waals surface area contributed by atoms with Crippen molar-refractivity contribution in [3.63, 3.8) is 0 Å². The molecule has 116 valence electrons. The van der Waals surface area contributed by atoms with E-state index in [1.807, 2.05) is 12.1 Å². The summed E-state index contributed by atoms with van der Waals surface area (Å²) in [5.74, 6) is -0.293. The second kappa shape index (κ2) is 7.87. The minimum Gasteiger partial charge on any atom is -0.421 e. The quantitative estimate of drug-likeness (QED) is 0.361. The van der Waals surface area contributed by atoms with Gasteiger partial charge in [-0.1, -0.05) is 60.3 Å². The molecule has 0 N–H and O–H groups in total. The number of hydrogen-bond donors (Lipinski definition) is 0. The van der Waals surface area contributed by atoms with Crippen LogP contribution in [0.1, 0.15) is 35.7 Å². The van der Waals surface area contributed by atoms with Crippen LogP contribution in [0.4, 0.5) is 0 Å². The molecule has 0 aromatic heterocycles. The first kappa shape index (κ1) is 17.1. The Bertz CT molecular complexity index is 666. The summed E-state index contributed by atoms with van der Waals surface area (Å²) in [6.45, 7) is 2.15. The minimum atomic E-state index is -0.484. The Morgan fingerprint density at radius 2 is 1.64 bits per heavy atom. The molecule has 0 spiro atoms. The molecule has 0 atom stereocenters. The maximum Gasteiger partial charge on any atom is 0.343 e. The lowest BCUT2D eigenvalue weighted by molar-refractivity contribution is 0.0735. The monoisotopic (exact) mass is 356 g/mol. The number of ether oxygens (including phenoxy) is 1. The summed E-state index contributed by atoms with van der Waals surface area (Å²) >= 11 is 17.7. The number of benzene rings is 2. The fourth-order valence-corrected chi connectivity index (χ4v) is 2.51. The molecule has 0 aliphatic rings. The van der Waals surface area contributed by atoms with Crippen LogP contribution in [-0.2, 0) is 6.42 Å². The van der Waals surface area contributed by atoms with Gasteiger partial charge in [0.15, 0.2) is 5.75 Å². The molecule has 0 saturated heterocycles. The number of aryl methyl sites for hydroxylation is 1. The summed E-state index contributed by atoms with van der Waals surface area (Å²) < 4.78 is 5.27. The first-order chi connectivity index (χ1) is 10.5. The number of esters is 1. The van der Waals surface area contributed by atoms with Gasteiger partial charge < -0.3 is 4.74 Å². The highest BCUT2D eigenvalue weighted by Gasteiger charge is 2.13. The van der Waals surface area contributed by atoms with Crippen molar-refractivity contribution in [2.24, 2.45) is 0 Å². The maximum absolute atomic E-state index is 12.1. The van der Waals surface area contributed by atoms with E-state index in [1.54, 1.807) is 12.1 Å². The van der Waals surface area contributed by atoms with Crippen LogP contribution >= 0.6 is 34.8 Å². The Morgan fingerprint density at radius 3 is 2.27 bits per heavy atom. The molecule has 0 aliphatic heterocycles. The zero-order chi connectivity index (χ0) is 16.1. The Kier molecular flexibility index (Phi) is 6.13. The van der Waals surface area contributed by atoms with Crippen LogP contribution in [0.2, 0.25) is 15.1 Å². The van der Waals surface area contributed by atoms with E-state index in [-0.39, 0.29) is 15.8 Å². The lowest BCUT2D eigenvalue weighted by Crippen LogP contribution is -2.08. The molecule has 2 rings (SSSR count). The molecular weight excluding hydrogens is 343 g/mol. The number of hydrogen-bond acceptors (Lipinski definition) is 2.